The van der Waals surface area contributed by atoms with E-state index in [9.17, 15) is 0 Å². The number of hydrogen-bond donors (Lipinski definition) is 1. The highest BCUT2D eigenvalue weighted by Crippen LogP contribution is 2.21. The third-order valence-corrected chi connectivity index (χ3v) is 2.27. The first-order valence-electron chi connectivity index (χ1n) is 5.89. The van der Waals surface area contributed by atoms with Gasteiger partial charge in [0.25, 0.3) is 0 Å². The molecule has 0 radical (unpaired) electrons. The fourth-order valence-electron chi connectivity index (χ4n) is 1.52. The molecule has 0 amide bonds. The van der Waals surface area contributed by atoms with Crippen LogP contribution >= 0.6 is 0 Å². The van der Waals surface area contributed by atoms with Crippen LogP contribution in [0.1, 0.15) is 31.4 Å². The molecule has 0 heterocycles. The van der Waals surface area contributed by atoms with Crippen molar-refractivity contribution in [2.24, 2.45) is 5.90 Å². The lowest BCUT2D eigenvalue weighted by molar-refractivity contribution is 0.143. The number of aryl methyl sites for hydroxylation is 1. The summed E-state index contributed by atoms with van der Waals surface area (Å²) in [6, 6.07) is 6.16. The maximum atomic E-state index is 5.68. The van der Waals surface area contributed by atoms with Crippen LogP contribution < -0.4 is 10.6 Å². The van der Waals surface area contributed by atoms with E-state index in [1.54, 1.807) is 0 Å². The van der Waals surface area contributed by atoms with Gasteiger partial charge in [0.15, 0.2) is 0 Å². The summed E-state index contributed by atoms with van der Waals surface area (Å²) in [6.45, 7) is 6.65. The topological polar surface area (TPSA) is 44.5 Å². The molecule has 3 heteroatoms. The van der Waals surface area contributed by atoms with Crippen LogP contribution in [0.4, 0.5) is 0 Å². The van der Waals surface area contributed by atoms with Crippen molar-refractivity contribution in [1.29, 1.82) is 0 Å². The van der Waals surface area contributed by atoms with Crippen LogP contribution in [-0.2, 0) is 4.84 Å². The van der Waals surface area contributed by atoms with E-state index in [-0.39, 0.29) is 6.10 Å². The average Bonchev–Trinajstić information content (AvgIpc) is 2.27. The van der Waals surface area contributed by atoms with Crippen molar-refractivity contribution in [3.8, 4) is 5.75 Å². The molecule has 1 aromatic rings. The van der Waals surface area contributed by atoms with Gasteiger partial charge in [-0.1, -0.05) is 18.2 Å². The van der Waals surface area contributed by atoms with Crippen molar-refractivity contribution in [2.45, 2.75) is 33.3 Å². The van der Waals surface area contributed by atoms with Gasteiger partial charge in [0, 0.05) is 0 Å². The zero-order valence-corrected chi connectivity index (χ0v) is 10.8. The van der Waals surface area contributed by atoms with E-state index < -0.39 is 0 Å². The minimum absolute atomic E-state index is 0.205. The molecule has 3 nitrogen and oxygen atoms in total. The summed E-state index contributed by atoms with van der Waals surface area (Å²) >= 11 is 0. The SMILES string of the molecule is Cc1cc(/C=C/CCON)ccc1OC(C)C. The third kappa shape index (κ3) is 5.02. The van der Waals surface area contributed by atoms with Crippen LogP contribution in [0, 0.1) is 6.92 Å². The van der Waals surface area contributed by atoms with E-state index in [1.807, 2.05) is 32.1 Å². The number of ether oxygens (including phenoxy) is 1. The van der Waals surface area contributed by atoms with Crippen LogP contribution in [0.3, 0.4) is 0 Å². The summed E-state index contributed by atoms with van der Waals surface area (Å²) in [6.07, 6.45) is 5.13. The standard InChI is InChI=1S/C14H21NO2/c1-11(2)17-14-8-7-13(10-12(14)3)6-4-5-9-16-15/h4,6-8,10-11H,5,9,15H2,1-3H3/b6-4+. The quantitative estimate of drug-likeness (QED) is 0.608. The van der Waals surface area contributed by atoms with Crippen LogP contribution in [-0.4, -0.2) is 12.7 Å². The molecule has 0 bridgehead atoms. The Morgan fingerprint density at radius 3 is 2.71 bits per heavy atom. The Kier molecular flexibility index (Phi) is 5.73. The fraction of sp³-hybridized carbons (Fsp3) is 0.429. The van der Waals surface area contributed by atoms with Crippen molar-refractivity contribution in [2.75, 3.05) is 6.61 Å². The van der Waals surface area contributed by atoms with Crippen LogP contribution in [0.5, 0.6) is 5.75 Å². The van der Waals surface area contributed by atoms with Gasteiger partial charge in [-0.25, -0.2) is 5.90 Å². The molecule has 0 saturated carbocycles. The lowest BCUT2D eigenvalue weighted by Gasteiger charge is -2.12. The minimum atomic E-state index is 0.205. The fourth-order valence-corrected chi connectivity index (χ4v) is 1.52. The van der Waals surface area contributed by atoms with Crippen molar-refractivity contribution in [3.05, 3.63) is 35.4 Å². The van der Waals surface area contributed by atoms with Gasteiger partial charge in [0.05, 0.1) is 12.7 Å². The summed E-state index contributed by atoms with van der Waals surface area (Å²) in [5.74, 6) is 5.89. The smallest absolute Gasteiger partial charge is 0.122 e. The Balaban J connectivity index is 2.65. The molecule has 0 aliphatic heterocycles. The first-order valence-corrected chi connectivity index (χ1v) is 5.89. The molecule has 0 unspecified atom stereocenters. The summed E-state index contributed by atoms with van der Waals surface area (Å²) in [5.41, 5.74) is 2.31. The average molecular weight is 235 g/mol. The largest absolute Gasteiger partial charge is 0.491 e. The monoisotopic (exact) mass is 235 g/mol. The Hall–Kier alpha value is -1.32. The van der Waals surface area contributed by atoms with Gasteiger partial charge in [-0.15, -0.1) is 0 Å². The minimum Gasteiger partial charge on any atom is -0.491 e. The van der Waals surface area contributed by atoms with Crippen molar-refractivity contribution in [1.82, 2.24) is 0 Å². The second kappa shape index (κ2) is 7.09. The highest BCUT2D eigenvalue weighted by atomic mass is 16.6. The highest BCUT2D eigenvalue weighted by Gasteiger charge is 2.01. The molecule has 0 spiro atoms. The van der Waals surface area contributed by atoms with E-state index in [1.165, 1.54) is 0 Å². The van der Waals surface area contributed by atoms with Crippen LogP contribution in [0.2, 0.25) is 0 Å². The number of nitrogens with two attached hydrogens (primary N) is 1. The van der Waals surface area contributed by atoms with Crippen LogP contribution in [0.15, 0.2) is 24.3 Å². The molecule has 0 aliphatic carbocycles. The molecule has 17 heavy (non-hydrogen) atoms. The van der Waals surface area contributed by atoms with Crippen LogP contribution in [0.25, 0.3) is 6.08 Å². The van der Waals surface area contributed by atoms with Gasteiger partial charge >= 0.3 is 0 Å². The van der Waals surface area contributed by atoms with E-state index >= 15 is 0 Å². The Morgan fingerprint density at radius 2 is 2.12 bits per heavy atom. The highest BCUT2D eigenvalue weighted by molar-refractivity contribution is 5.53. The van der Waals surface area contributed by atoms with E-state index in [2.05, 4.69) is 23.9 Å². The second-order valence-corrected chi connectivity index (χ2v) is 4.25. The molecule has 1 aromatic carbocycles. The Morgan fingerprint density at radius 1 is 1.35 bits per heavy atom. The molecule has 0 aromatic heterocycles. The number of rotatable bonds is 6. The molecular formula is C14H21NO2. The molecule has 0 aliphatic rings. The molecular weight excluding hydrogens is 214 g/mol. The lowest BCUT2D eigenvalue weighted by atomic mass is 10.1. The van der Waals surface area contributed by atoms with Gasteiger partial charge in [0.1, 0.15) is 5.75 Å². The maximum Gasteiger partial charge on any atom is 0.122 e. The summed E-state index contributed by atoms with van der Waals surface area (Å²) in [4.78, 5) is 4.50. The third-order valence-electron chi connectivity index (χ3n) is 2.27. The van der Waals surface area contributed by atoms with E-state index in [0.29, 0.717) is 6.61 Å². The normalized spacial score (nSPS) is 11.4. The van der Waals surface area contributed by atoms with Crippen molar-refractivity contribution < 1.29 is 9.57 Å². The van der Waals surface area contributed by atoms with Gasteiger partial charge in [-0.2, -0.15) is 0 Å². The summed E-state index contributed by atoms with van der Waals surface area (Å²) in [7, 11) is 0. The molecule has 2 N–H and O–H groups in total. The van der Waals surface area contributed by atoms with Gasteiger partial charge in [-0.3, -0.25) is 0 Å². The first kappa shape index (κ1) is 13.7. The predicted molar refractivity (Wildman–Crippen MR) is 70.7 cm³/mol. The zero-order valence-electron chi connectivity index (χ0n) is 10.8. The van der Waals surface area contributed by atoms with Crippen molar-refractivity contribution in [3.63, 3.8) is 0 Å². The first-order chi connectivity index (χ1) is 8.13. The zero-order chi connectivity index (χ0) is 12.7. The van der Waals surface area contributed by atoms with Crippen molar-refractivity contribution >= 4 is 6.08 Å². The van der Waals surface area contributed by atoms with E-state index in [0.717, 1.165) is 23.3 Å². The van der Waals surface area contributed by atoms with Gasteiger partial charge in [0.2, 0.25) is 0 Å². The molecule has 94 valence electrons. The molecule has 0 fully saturated rings. The lowest BCUT2D eigenvalue weighted by Crippen LogP contribution is -2.06. The molecule has 0 atom stereocenters. The number of benzene rings is 1. The summed E-state index contributed by atoms with van der Waals surface area (Å²) in [5, 5.41) is 0. The predicted octanol–water partition coefficient (Wildman–Crippen LogP) is 3.08. The summed E-state index contributed by atoms with van der Waals surface area (Å²) < 4.78 is 5.68. The van der Waals surface area contributed by atoms with Gasteiger partial charge < -0.3 is 9.57 Å². The maximum absolute atomic E-state index is 5.68. The second-order valence-electron chi connectivity index (χ2n) is 4.25. The molecule has 0 saturated heterocycles. The molecule has 1 rings (SSSR count). The van der Waals surface area contributed by atoms with E-state index in [4.69, 9.17) is 10.6 Å². The number of hydrogen-bond acceptors (Lipinski definition) is 3. The van der Waals surface area contributed by atoms with Gasteiger partial charge in [-0.05, 0) is 50.5 Å². The Bertz CT molecular complexity index is 372. The Labute approximate surface area is 103 Å².